The van der Waals surface area contributed by atoms with Crippen molar-refractivity contribution in [1.29, 1.82) is 0 Å². The smallest absolute Gasteiger partial charge is 0.270 e. The number of nitrogens with one attached hydrogen (secondary N) is 1. The Hall–Kier alpha value is -2.45. The van der Waals surface area contributed by atoms with Crippen molar-refractivity contribution in [3.8, 4) is 0 Å². The van der Waals surface area contributed by atoms with E-state index in [4.69, 9.17) is 0 Å². The molecule has 0 unspecified atom stereocenters. The van der Waals surface area contributed by atoms with Crippen LogP contribution in [-0.4, -0.2) is 16.0 Å². The van der Waals surface area contributed by atoms with Gasteiger partial charge in [0.25, 0.3) is 11.6 Å². The Morgan fingerprint density at radius 2 is 1.96 bits per heavy atom. The number of hydrogen-bond donors (Lipinski definition) is 1. The molecule has 2 aromatic carbocycles. The van der Waals surface area contributed by atoms with Gasteiger partial charge in [-0.25, -0.2) is 4.99 Å². The molecule has 120 valence electrons. The normalized spacial score (nSPS) is 17.3. The van der Waals surface area contributed by atoms with Gasteiger partial charge in [-0.2, -0.15) is 0 Å². The topological polar surface area (TPSA) is 84.6 Å². The third-order valence-electron chi connectivity index (χ3n) is 3.09. The molecule has 3 rings (SSSR count). The summed E-state index contributed by atoms with van der Waals surface area (Å²) in [7, 11) is 0. The number of carbonyl (C=O) groups is 1. The average Bonchev–Trinajstić information content (AvgIpc) is 2.89. The molecule has 6 nitrogen and oxygen atoms in total. The zero-order valence-corrected chi connectivity index (χ0v) is 14.5. The number of nitrogens with zero attached hydrogens (tertiary/aromatic N) is 2. The van der Waals surface area contributed by atoms with Crippen molar-refractivity contribution >= 4 is 56.2 Å². The van der Waals surface area contributed by atoms with Crippen LogP contribution >= 0.6 is 27.7 Å². The molecule has 0 bridgehead atoms. The van der Waals surface area contributed by atoms with Gasteiger partial charge in [0.1, 0.15) is 0 Å². The molecule has 24 heavy (non-hydrogen) atoms. The van der Waals surface area contributed by atoms with E-state index in [9.17, 15) is 14.9 Å². The van der Waals surface area contributed by atoms with E-state index in [1.54, 1.807) is 18.2 Å². The Morgan fingerprint density at radius 3 is 2.67 bits per heavy atom. The van der Waals surface area contributed by atoms with Crippen LogP contribution in [0.1, 0.15) is 5.56 Å². The van der Waals surface area contributed by atoms with Crippen LogP contribution in [0, 0.1) is 10.1 Å². The fourth-order valence-electron chi connectivity index (χ4n) is 1.99. The highest BCUT2D eigenvalue weighted by atomic mass is 79.9. The SMILES string of the molecule is O=C1NC(=Nc2ccc(Br)cc2)SC1=Cc1cccc([N+](=O)[O-])c1. The predicted octanol–water partition coefficient (Wildman–Crippen LogP) is 4.25. The zero-order valence-electron chi connectivity index (χ0n) is 12.1. The van der Waals surface area contributed by atoms with Gasteiger partial charge in [-0.05, 0) is 47.7 Å². The lowest BCUT2D eigenvalue weighted by Crippen LogP contribution is -2.19. The molecule has 0 saturated carbocycles. The predicted molar refractivity (Wildman–Crippen MR) is 98.0 cm³/mol. The quantitative estimate of drug-likeness (QED) is 0.471. The Balaban J connectivity index is 1.83. The minimum Gasteiger partial charge on any atom is -0.300 e. The summed E-state index contributed by atoms with van der Waals surface area (Å²) in [5, 5.41) is 14.0. The second-order valence-electron chi connectivity index (χ2n) is 4.81. The number of thioether (sulfide) groups is 1. The highest BCUT2D eigenvalue weighted by molar-refractivity contribution is 9.10. The summed E-state index contributed by atoms with van der Waals surface area (Å²) < 4.78 is 0.945. The van der Waals surface area contributed by atoms with Crippen molar-refractivity contribution in [2.75, 3.05) is 0 Å². The summed E-state index contributed by atoms with van der Waals surface area (Å²) in [6, 6.07) is 13.5. The van der Waals surface area contributed by atoms with Gasteiger partial charge in [0.05, 0.1) is 15.5 Å². The first-order valence-corrected chi connectivity index (χ1v) is 8.42. The largest absolute Gasteiger partial charge is 0.300 e. The van der Waals surface area contributed by atoms with Gasteiger partial charge in [0, 0.05) is 16.6 Å². The van der Waals surface area contributed by atoms with Crippen LogP contribution in [0.4, 0.5) is 11.4 Å². The van der Waals surface area contributed by atoms with Gasteiger partial charge in [-0.15, -0.1) is 0 Å². The van der Waals surface area contributed by atoms with Crippen molar-refractivity contribution < 1.29 is 9.72 Å². The van der Waals surface area contributed by atoms with E-state index in [0.29, 0.717) is 15.6 Å². The number of halogens is 1. The lowest BCUT2D eigenvalue weighted by molar-refractivity contribution is -0.384. The molecule has 1 saturated heterocycles. The molecule has 2 aromatic rings. The molecule has 1 N–H and O–H groups in total. The second-order valence-corrected chi connectivity index (χ2v) is 6.76. The monoisotopic (exact) mass is 403 g/mol. The van der Waals surface area contributed by atoms with Gasteiger partial charge in [0.2, 0.25) is 0 Å². The number of nitro groups is 1. The standard InChI is InChI=1S/C16H10BrN3O3S/c17-11-4-6-12(7-5-11)18-16-19-15(21)14(24-16)9-10-2-1-3-13(8-10)20(22)23/h1-9H,(H,18,19,21). The Labute approximate surface area is 150 Å². The van der Waals surface area contributed by atoms with E-state index in [2.05, 4.69) is 26.2 Å². The third-order valence-corrected chi connectivity index (χ3v) is 4.53. The Bertz CT molecular complexity index is 878. The van der Waals surface area contributed by atoms with Crippen LogP contribution in [0.25, 0.3) is 6.08 Å². The van der Waals surface area contributed by atoms with E-state index in [1.807, 2.05) is 24.3 Å². The summed E-state index contributed by atoms with van der Waals surface area (Å²) in [6.45, 7) is 0. The number of benzene rings is 2. The fraction of sp³-hybridized carbons (Fsp3) is 0. The lowest BCUT2D eigenvalue weighted by atomic mass is 10.2. The van der Waals surface area contributed by atoms with E-state index >= 15 is 0 Å². The van der Waals surface area contributed by atoms with Crippen molar-refractivity contribution in [1.82, 2.24) is 5.32 Å². The van der Waals surface area contributed by atoms with Crippen molar-refractivity contribution in [2.24, 2.45) is 4.99 Å². The summed E-state index contributed by atoms with van der Waals surface area (Å²) in [4.78, 5) is 27.2. The fourth-order valence-corrected chi connectivity index (χ4v) is 3.10. The van der Waals surface area contributed by atoms with E-state index < -0.39 is 4.92 Å². The number of carbonyl (C=O) groups excluding carboxylic acids is 1. The summed E-state index contributed by atoms with van der Waals surface area (Å²) in [5.41, 5.74) is 1.29. The maximum Gasteiger partial charge on any atom is 0.270 e. The molecule has 1 amide bonds. The molecule has 8 heteroatoms. The number of non-ortho nitro benzene ring substituents is 1. The van der Waals surface area contributed by atoms with Gasteiger partial charge in [0.15, 0.2) is 5.17 Å². The van der Waals surface area contributed by atoms with Crippen LogP contribution in [0.5, 0.6) is 0 Å². The highest BCUT2D eigenvalue weighted by Crippen LogP contribution is 2.29. The van der Waals surface area contributed by atoms with Gasteiger partial charge in [-0.3, -0.25) is 14.9 Å². The number of aliphatic imine (C=N–C) groups is 1. The molecule has 0 aliphatic carbocycles. The summed E-state index contributed by atoms with van der Waals surface area (Å²) >= 11 is 4.55. The number of nitro benzene ring substituents is 1. The van der Waals surface area contributed by atoms with Gasteiger partial charge >= 0.3 is 0 Å². The number of hydrogen-bond acceptors (Lipinski definition) is 5. The number of rotatable bonds is 3. The van der Waals surface area contributed by atoms with Crippen LogP contribution in [0.15, 0.2) is 62.9 Å². The van der Waals surface area contributed by atoms with Gasteiger partial charge < -0.3 is 5.32 Å². The van der Waals surface area contributed by atoms with E-state index in [-0.39, 0.29) is 11.6 Å². The molecule has 0 atom stereocenters. The second kappa shape index (κ2) is 6.98. The minimum absolute atomic E-state index is 0.0171. The molecule has 0 radical (unpaired) electrons. The van der Waals surface area contributed by atoms with Crippen molar-refractivity contribution in [2.45, 2.75) is 0 Å². The molecule has 0 aromatic heterocycles. The molecular weight excluding hydrogens is 394 g/mol. The molecule has 1 fully saturated rings. The number of amidine groups is 1. The number of amides is 1. The van der Waals surface area contributed by atoms with E-state index in [1.165, 1.54) is 23.9 Å². The first kappa shape index (κ1) is 16.4. The molecule has 1 heterocycles. The third kappa shape index (κ3) is 3.90. The van der Waals surface area contributed by atoms with Crippen LogP contribution in [0.3, 0.4) is 0 Å². The Kier molecular flexibility index (Phi) is 4.77. The molecule has 0 spiro atoms. The first-order valence-electron chi connectivity index (χ1n) is 6.81. The lowest BCUT2D eigenvalue weighted by Gasteiger charge is -1.96. The highest BCUT2D eigenvalue weighted by Gasteiger charge is 2.24. The van der Waals surface area contributed by atoms with E-state index in [0.717, 1.165) is 10.2 Å². The summed E-state index contributed by atoms with van der Waals surface area (Å²) in [5.74, 6) is -0.276. The minimum atomic E-state index is -0.468. The van der Waals surface area contributed by atoms with Crippen LogP contribution < -0.4 is 5.32 Å². The van der Waals surface area contributed by atoms with Crippen molar-refractivity contribution in [3.05, 3.63) is 73.6 Å². The summed E-state index contributed by atoms with van der Waals surface area (Å²) in [6.07, 6.45) is 1.61. The van der Waals surface area contributed by atoms with Crippen molar-refractivity contribution in [3.63, 3.8) is 0 Å². The van der Waals surface area contributed by atoms with Crippen LogP contribution in [0.2, 0.25) is 0 Å². The zero-order chi connectivity index (χ0) is 17.1. The molecular formula is C16H10BrN3O3S. The maximum absolute atomic E-state index is 12.0. The van der Waals surface area contributed by atoms with Gasteiger partial charge in [-0.1, -0.05) is 28.1 Å². The Morgan fingerprint density at radius 1 is 1.21 bits per heavy atom. The molecule has 1 aliphatic rings. The maximum atomic E-state index is 12.0. The average molecular weight is 404 g/mol. The van der Waals surface area contributed by atoms with Crippen LogP contribution in [-0.2, 0) is 4.79 Å². The molecule has 1 aliphatic heterocycles. The first-order chi connectivity index (χ1) is 11.5.